The van der Waals surface area contributed by atoms with Crippen molar-refractivity contribution in [3.05, 3.63) is 127 Å². The summed E-state index contributed by atoms with van der Waals surface area (Å²) in [6, 6.07) is 45.8. The summed E-state index contributed by atoms with van der Waals surface area (Å²) in [7, 11) is 0. The van der Waals surface area contributed by atoms with E-state index in [0.717, 1.165) is 33.4 Å². The molecule has 6 aromatic carbocycles. The van der Waals surface area contributed by atoms with E-state index in [2.05, 4.69) is 136 Å². The molecule has 0 amide bonds. The Balaban J connectivity index is 1.52. The minimum absolute atomic E-state index is 0.995. The van der Waals surface area contributed by atoms with Crippen molar-refractivity contribution in [3.8, 4) is 5.69 Å². The SMILES string of the molecule is c1ccc2c(c1)ccc1ccc(-n3c4ccccc4c4nc5c6ccccc6c6ccccc6n5c43)cc12. The molecule has 3 heterocycles. The van der Waals surface area contributed by atoms with E-state index in [1.165, 1.54) is 43.2 Å². The highest BCUT2D eigenvalue weighted by molar-refractivity contribution is 6.17. The van der Waals surface area contributed by atoms with Crippen molar-refractivity contribution in [2.24, 2.45) is 0 Å². The summed E-state index contributed by atoms with van der Waals surface area (Å²) >= 11 is 0. The maximum Gasteiger partial charge on any atom is 0.151 e. The van der Waals surface area contributed by atoms with E-state index in [9.17, 15) is 0 Å². The summed E-state index contributed by atoms with van der Waals surface area (Å²) in [5.41, 5.74) is 6.59. The van der Waals surface area contributed by atoms with E-state index < -0.39 is 0 Å². The zero-order valence-corrected chi connectivity index (χ0v) is 20.5. The van der Waals surface area contributed by atoms with Gasteiger partial charge in [0.25, 0.3) is 0 Å². The van der Waals surface area contributed by atoms with Crippen LogP contribution in [0.3, 0.4) is 0 Å². The predicted octanol–water partition coefficient (Wildman–Crippen LogP) is 9.04. The molecule has 176 valence electrons. The van der Waals surface area contributed by atoms with Gasteiger partial charge in [-0.15, -0.1) is 0 Å². The van der Waals surface area contributed by atoms with Crippen molar-refractivity contribution in [3.63, 3.8) is 0 Å². The molecule has 0 radical (unpaired) electrons. The fraction of sp³-hybridized carbons (Fsp3) is 0. The van der Waals surface area contributed by atoms with Gasteiger partial charge in [-0.25, -0.2) is 4.98 Å². The van der Waals surface area contributed by atoms with Crippen LogP contribution in [0.2, 0.25) is 0 Å². The maximum atomic E-state index is 5.32. The summed E-state index contributed by atoms with van der Waals surface area (Å²) in [5.74, 6) is 0. The van der Waals surface area contributed by atoms with Gasteiger partial charge in [0, 0.05) is 21.8 Å². The molecule has 0 saturated heterocycles. The van der Waals surface area contributed by atoms with Crippen molar-refractivity contribution < 1.29 is 0 Å². The lowest BCUT2D eigenvalue weighted by Crippen LogP contribution is -1.99. The average Bonchev–Trinajstić information content (AvgIpc) is 3.52. The van der Waals surface area contributed by atoms with E-state index in [0.29, 0.717) is 0 Å². The third-order valence-electron chi connectivity index (χ3n) is 8.06. The number of hydrogen-bond acceptors (Lipinski definition) is 1. The predicted molar refractivity (Wildman–Crippen MR) is 160 cm³/mol. The largest absolute Gasteiger partial charge is 0.294 e. The summed E-state index contributed by atoms with van der Waals surface area (Å²) in [6.07, 6.45) is 0. The first-order chi connectivity index (χ1) is 18.9. The summed E-state index contributed by atoms with van der Waals surface area (Å²) in [4.78, 5) is 5.32. The number of hydrogen-bond donors (Lipinski definition) is 0. The zero-order valence-electron chi connectivity index (χ0n) is 20.5. The number of rotatable bonds is 1. The highest BCUT2D eigenvalue weighted by Gasteiger charge is 2.21. The quantitative estimate of drug-likeness (QED) is 0.214. The average molecular weight is 484 g/mol. The summed E-state index contributed by atoms with van der Waals surface area (Å²) in [5, 5.41) is 9.83. The molecular formula is C35H21N3. The maximum absolute atomic E-state index is 5.32. The minimum Gasteiger partial charge on any atom is -0.294 e. The molecule has 3 nitrogen and oxygen atoms in total. The van der Waals surface area contributed by atoms with Crippen LogP contribution in [0.5, 0.6) is 0 Å². The highest BCUT2D eigenvalue weighted by Crippen LogP contribution is 2.38. The minimum atomic E-state index is 0.995. The van der Waals surface area contributed by atoms with Crippen molar-refractivity contribution in [1.82, 2.24) is 14.0 Å². The Morgan fingerprint density at radius 3 is 1.89 bits per heavy atom. The smallest absolute Gasteiger partial charge is 0.151 e. The Labute approximate surface area is 217 Å². The second kappa shape index (κ2) is 7.21. The summed E-state index contributed by atoms with van der Waals surface area (Å²) in [6.45, 7) is 0. The van der Waals surface area contributed by atoms with Crippen molar-refractivity contribution in [2.75, 3.05) is 0 Å². The number of aromatic nitrogens is 3. The Hall–Kier alpha value is -5.15. The zero-order chi connectivity index (χ0) is 24.8. The van der Waals surface area contributed by atoms with Crippen LogP contribution in [0.1, 0.15) is 0 Å². The third-order valence-corrected chi connectivity index (χ3v) is 8.06. The Kier molecular flexibility index (Phi) is 3.79. The number of pyridine rings is 1. The molecule has 3 aromatic heterocycles. The van der Waals surface area contributed by atoms with Crippen molar-refractivity contribution >= 4 is 70.9 Å². The van der Waals surface area contributed by atoms with Crippen LogP contribution in [0.15, 0.2) is 127 Å². The Bertz CT molecular complexity index is 2410. The molecule has 3 heteroatoms. The van der Waals surface area contributed by atoms with Gasteiger partial charge in [-0.1, -0.05) is 103 Å². The van der Waals surface area contributed by atoms with Gasteiger partial charge >= 0.3 is 0 Å². The summed E-state index contributed by atoms with van der Waals surface area (Å²) < 4.78 is 4.76. The fourth-order valence-electron chi connectivity index (χ4n) is 6.39. The lowest BCUT2D eigenvalue weighted by atomic mass is 10.0. The number of benzene rings is 6. The van der Waals surface area contributed by atoms with Crippen LogP contribution < -0.4 is 0 Å². The molecule has 9 aromatic rings. The van der Waals surface area contributed by atoms with Gasteiger partial charge in [0.1, 0.15) is 11.2 Å². The van der Waals surface area contributed by atoms with E-state index in [-0.39, 0.29) is 0 Å². The first-order valence-corrected chi connectivity index (χ1v) is 13.0. The number of imidazole rings is 1. The van der Waals surface area contributed by atoms with Gasteiger partial charge in [0.2, 0.25) is 0 Å². The normalized spacial score (nSPS) is 12.2. The monoisotopic (exact) mass is 483 g/mol. The second-order valence-corrected chi connectivity index (χ2v) is 10.1. The van der Waals surface area contributed by atoms with E-state index in [1.54, 1.807) is 0 Å². The van der Waals surface area contributed by atoms with Gasteiger partial charge in [-0.3, -0.25) is 8.97 Å². The second-order valence-electron chi connectivity index (χ2n) is 10.1. The Morgan fingerprint density at radius 1 is 0.447 bits per heavy atom. The van der Waals surface area contributed by atoms with Gasteiger partial charge in [-0.2, -0.15) is 0 Å². The molecule has 0 unspecified atom stereocenters. The fourth-order valence-corrected chi connectivity index (χ4v) is 6.39. The van der Waals surface area contributed by atoms with Crippen LogP contribution in [0.4, 0.5) is 0 Å². The molecule has 0 fully saturated rings. The molecule has 9 rings (SSSR count). The molecule has 0 aliphatic rings. The first-order valence-electron chi connectivity index (χ1n) is 13.0. The molecule has 0 atom stereocenters. The van der Waals surface area contributed by atoms with Crippen LogP contribution >= 0.6 is 0 Å². The van der Waals surface area contributed by atoms with E-state index in [1.807, 2.05) is 0 Å². The molecule has 0 aliphatic heterocycles. The number of nitrogens with zero attached hydrogens (tertiary/aromatic N) is 3. The molecule has 0 bridgehead atoms. The first kappa shape index (κ1) is 20.0. The van der Waals surface area contributed by atoms with Gasteiger partial charge < -0.3 is 0 Å². The van der Waals surface area contributed by atoms with Crippen molar-refractivity contribution in [1.29, 1.82) is 0 Å². The van der Waals surface area contributed by atoms with E-state index in [4.69, 9.17) is 4.98 Å². The van der Waals surface area contributed by atoms with Crippen LogP contribution in [0.25, 0.3) is 76.6 Å². The van der Waals surface area contributed by atoms with E-state index >= 15 is 0 Å². The highest BCUT2D eigenvalue weighted by atomic mass is 15.2. The van der Waals surface area contributed by atoms with Gasteiger partial charge in [0.15, 0.2) is 5.65 Å². The van der Waals surface area contributed by atoms with Crippen molar-refractivity contribution in [2.45, 2.75) is 0 Å². The van der Waals surface area contributed by atoms with Gasteiger partial charge in [0.05, 0.1) is 11.0 Å². The van der Waals surface area contributed by atoms with Crippen LogP contribution in [-0.2, 0) is 0 Å². The topological polar surface area (TPSA) is 22.2 Å². The number of fused-ring (bicyclic) bond motifs is 13. The molecule has 38 heavy (non-hydrogen) atoms. The van der Waals surface area contributed by atoms with Crippen LogP contribution in [-0.4, -0.2) is 14.0 Å². The molecular weight excluding hydrogens is 462 g/mol. The standard InChI is InChI=1S/C35H21N3/c1-2-10-25-22(9-1)17-18-23-19-20-24(21-30(23)25)37-32-16-8-6-14-29(32)33-35(37)38-31-15-7-5-12-27(31)26-11-3-4-13-28(26)34(38)36-33/h1-21H. The third kappa shape index (κ3) is 2.50. The lowest BCUT2D eigenvalue weighted by molar-refractivity contribution is 1.12. The molecule has 0 saturated carbocycles. The molecule has 0 aliphatic carbocycles. The Morgan fingerprint density at radius 2 is 1.05 bits per heavy atom. The lowest BCUT2D eigenvalue weighted by Gasteiger charge is -2.13. The number of para-hydroxylation sites is 2. The molecule has 0 spiro atoms. The van der Waals surface area contributed by atoms with Gasteiger partial charge in [-0.05, 0) is 51.2 Å². The molecule has 0 N–H and O–H groups in total. The van der Waals surface area contributed by atoms with Crippen LogP contribution in [0, 0.1) is 0 Å².